The Balaban J connectivity index is 3.75. The Morgan fingerprint density at radius 3 is 2.11 bits per heavy atom. The van der Waals surface area contributed by atoms with E-state index in [2.05, 4.69) is 10.4 Å². The third kappa shape index (κ3) is 2.24. The van der Waals surface area contributed by atoms with Gasteiger partial charge < -0.3 is 10.6 Å². The van der Waals surface area contributed by atoms with Gasteiger partial charge in [0.05, 0.1) is 16.9 Å². The Bertz CT molecular complexity index is 500. The minimum Gasteiger partial charge on any atom is -0.396 e. The van der Waals surface area contributed by atoms with Gasteiger partial charge in [0.2, 0.25) is 0 Å². The van der Waals surface area contributed by atoms with E-state index >= 15 is 0 Å². The minimum absolute atomic E-state index is 0.148. The number of nitrogens with zero attached hydrogens (tertiary/aromatic N) is 3. The van der Waals surface area contributed by atoms with Crippen molar-refractivity contribution < 1.29 is 13.2 Å². The van der Waals surface area contributed by atoms with Crippen molar-refractivity contribution in [1.82, 2.24) is 0 Å². The van der Waals surface area contributed by atoms with Crippen molar-refractivity contribution in [3.8, 4) is 0 Å². The smallest absolute Gasteiger partial charge is 0.396 e. The highest BCUT2D eigenvalue weighted by Crippen LogP contribution is 2.48. The summed E-state index contributed by atoms with van der Waals surface area (Å²) in [5, 5.41) is 4.93. The van der Waals surface area contributed by atoms with E-state index < -0.39 is 28.8 Å². The van der Waals surface area contributed by atoms with Crippen molar-refractivity contribution in [3.05, 3.63) is 21.4 Å². The Morgan fingerprint density at radius 2 is 1.78 bits per heavy atom. The zero-order chi connectivity index (χ0) is 14.1. The van der Waals surface area contributed by atoms with E-state index in [-0.39, 0.29) is 5.69 Å². The number of alkyl halides is 3. The molecule has 0 aliphatic heterocycles. The van der Waals surface area contributed by atoms with Gasteiger partial charge in [-0.15, -0.1) is 9.81 Å². The van der Waals surface area contributed by atoms with Crippen LogP contribution in [0.15, 0.2) is 16.4 Å². The second kappa shape index (κ2) is 4.59. The number of hydrogen-bond donors (Lipinski definition) is 1. The maximum absolute atomic E-state index is 12.6. The normalized spacial score (nSPS) is 11.2. The van der Waals surface area contributed by atoms with Crippen LogP contribution in [-0.2, 0) is 6.18 Å². The molecule has 9 heteroatoms. The third-order valence-electron chi connectivity index (χ3n) is 2.24. The number of rotatable bonds is 3. The Kier molecular flexibility index (Phi) is 3.54. The molecule has 0 bridgehead atoms. The molecule has 0 spiro atoms. The molecule has 0 heterocycles. The van der Waals surface area contributed by atoms with Gasteiger partial charge in [-0.25, -0.2) is 0 Å². The van der Waals surface area contributed by atoms with Gasteiger partial charge in [-0.3, -0.25) is 0 Å². The average Bonchev–Trinajstić information content (AvgIpc) is 2.26. The number of hydrogen-bond acceptors (Lipinski definition) is 6. The molecule has 98 valence electrons. The van der Waals surface area contributed by atoms with Gasteiger partial charge in [0, 0.05) is 14.1 Å². The van der Waals surface area contributed by atoms with E-state index in [0.717, 1.165) is 0 Å². The molecule has 1 aromatic rings. The van der Waals surface area contributed by atoms with Crippen LogP contribution in [0.25, 0.3) is 0 Å². The summed E-state index contributed by atoms with van der Waals surface area (Å²) in [5.41, 5.74) is 1.78. The quantitative estimate of drug-likeness (QED) is 0.669. The fourth-order valence-corrected chi connectivity index (χ4v) is 1.50. The first-order chi connectivity index (χ1) is 8.23. The first-order valence-corrected chi connectivity index (χ1v) is 4.61. The lowest BCUT2D eigenvalue weighted by Gasteiger charge is -2.19. The predicted octanol–water partition coefficient (Wildman–Crippen LogP) is 3.15. The Morgan fingerprint density at radius 1 is 1.22 bits per heavy atom. The summed E-state index contributed by atoms with van der Waals surface area (Å²) in [4.78, 5) is 22.4. The van der Waals surface area contributed by atoms with E-state index in [1.54, 1.807) is 0 Å². The summed E-state index contributed by atoms with van der Waals surface area (Å²) in [6.45, 7) is 0. The highest BCUT2D eigenvalue weighted by Gasteiger charge is 2.36. The lowest BCUT2D eigenvalue weighted by atomic mass is 10.1. The maximum Gasteiger partial charge on any atom is 0.418 e. The van der Waals surface area contributed by atoms with Gasteiger partial charge in [-0.05, 0) is 16.4 Å². The molecule has 0 aromatic heterocycles. The molecule has 0 saturated carbocycles. The van der Waals surface area contributed by atoms with Crippen LogP contribution < -0.4 is 10.6 Å². The summed E-state index contributed by atoms with van der Waals surface area (Å²) in [6.07, 6.45) is -4.80. The van der Waals surface area contributed by atoms with Gasteiger partial charge in [-0.2, -0.15) is 13.2 Å². The van der Waals surface area contributed by atoms with E-state index in [0.29, 0.717) is 6.07 Å². The average molecular weight is 262 g/mol. The van der Waals surface area contributed by atoms with E-state index in [4.69, 9.17) is 5.73 Å². The molecule has 1 aromatic carbocycles. The van der Waals surface area contributed by atoms with Crippen LogP contribution in [0.4, 0.5) is 35.9 Å². The monoisotopic (exact) mass is 262 g/mol. The molecule has 6 nitrogen and oxygen atoms in total. The van der Waals surface area contributed by atoms with Crippen molar-refractivity contribution in [2.24, 2.45) is 10.4 Å². The number of anilines is 2. The fourth-order valence-electron chi connectivity index (χ4n) is 1.50. The molecule has 2 N–H and O–H groups in total. The van der Waals surface area contributed by atoms with Crippen molar-refractivity contribution in [2.75, 3.05) is 24.7 Å². The third-order valence-corrected chi connectivity index (χ3v) is 2.24. The Hall–Kier alpha value is -2.19. The molecule has 0 aliphatic rings. The number of nitroso groups, excluding NO2 is 2. The summed E-state index contributed by atoms with van der Waals surface area (Å²) in [5.74, 6) is 0. The van der Waals surface area contributed by atoms with Crippen LogP contribution in [0.1, 0.15) is 5.56 Å². The van der Waals surface area contributed by atoms with E-state index in [1.165, 1.54) is 19.0 Å². The van der Waals surface area contributed by atoms with Crippen molar-refractivity contribution in [1.29, 1.82) is 0 Å². The molecule has 0 radical (unpaired) electrons. The molecule has 1 rings (SSSR count). The van der Waals surface area contributed by atoms with Crippen molar-refractivity contribution in [3.63, 3.8) is 0 Å². The zero-order valence-corrected chi connectivity index (χ0v) is 9.45. The number of nitrogens with two attached hydrogens (primary N) is 1. The molecular weight excluding hydrogens is 253 g/mol. The number of nitrogen functional groups attached to an aromatic ring is 1. The number of halogens is 3. The molecule has 0 saturated heterocycles. The summed E-state index contributed by atoms with van der Waals surface area (Å²) in [7, 11) is 2.84. The predicted molar refractivity (Wildman–Crippen MR) is 61.1 cm³/mol. The van der Waals surface area contributed by atoms with Crippen LogP contribution in [0.3, 0.4) is 0 Å². The SMILES string of the molecule is CN(C)c1c(N=O)cc(C(F)(F)F)c(N)c1N=O. The number of benzene rings is 1. The van der Waals surface area contributed by atoms with Gasteiger partial charge in [0.25, 0.3) is 0 Å². The van der Waals surface area contributed by atoms with Crippen LogP contribution in [-0.4, -0.2) is 14.1 Å². The molecule has 18 heavy (non-hydrogen) atoms. The second-order valence-corrected chi connectivity index (χ2v) is 3.63. The van der Waals surface area contributed by atoms with Crippen molar-refractivity contribution >= 4 is 22.7 Å². The Labute approximate surface area is 99.5 Å². The molecule has 0 atom stereocenters. The first kappa shape index (κ1) is 13.9. The largest absolute Gasteiger partial charge is 0.418 e. The molecule has 0 amide bonds. The summed E-state index contributed by atoms with van der Waals surface area (Å²) in [6, 6.07) is 0.492. The van der Waals surface area contributed by atoms with Crippen molar-refractivity contribution in [2.45, 2.75) is 6.18 Å². The van der Waals surface area contributed by atoms with Crippen LogP contribution in [0, 0.1) is 9.81 Å². The van der Waals surface area contributed by atoms with Gasteiger partial charge in [0.1, 0.15) is 5.69 Å². The summed E-state index contributed by atoms with van der Waals surface area (Å²) < 4.78 is 37.9. The molecule has 0 aliphatic carbocycles. The highest BCUT2D eigenvalue weighted by atomic mass is 19.4. The van der Waals surface area contributed by atoms with Crippen LogP contribution >= 0.6 is 0 Å². The summed E-state index contributed by atoms with van der Waals surface area (Å²) >= 11 is 0. The molecule has 0 unspecified atom stereocenters. The van der Waals surface area contributed by atoms with Gasteiger partial charge >= 0.3 is 6.18 Å². The molecule has 0 fully saturated rings. The lowest BCUT2D eigenvalue weighted by Crippen LogP contribution is -2.14. The topological polar surface area (TPSA) is 88.1 Å². The van der Waals surface area contributed by atoms with Gasteiger partial charge in [0.15, 0.2) is 5.69 Å². The standard InChI is InChI=1S/C9H9F3N4O2/c1-16(2)8-5(14-17)3-4(9(10,11)12)6(13)7(8)15-18/h3H,13H2,1-2H3. The maximum atomic E-state index is 12.6. The fraction of sp³-hybridized carbons (Fsp3) is 0.333. The second-order valence-electron chi connectivity index (χ2n) is 3.63. The van der Waals surface area contributed by atoms with Crippen LogP contribution in [0.2, 0.25) is 0 Å². The highest BCUT2D eigenvalue weighted by molar-refractivity contribution is 5.89. The van der Waals surface area contributed by atoms with Gasteiger partial charge in [-0.1, -0.05) is 0 Å². The van der Waals surface area contributed by atoms with E-state index in [9.17, 15) is 23.0 Å². The van der Waals surface area contributed by atoms with E-state index in [1.807, 2.05) is 0 Å². The van der Waals surface area contributed by atoms with Crippen LogP contribution in [0.5, 0.6) is 0 Å². The molecular formula is C9H9F3N4O2. The minimum atomic E-state index is -4.80. The first-order valence-electron chi connectivity index (χ1n) is 4.61. The zero-order valence-electron chi connectivity index (χ0n) is 9.45. The lowest BCUT2D eigenvalue weighted by molar-refractivity contribution is -0.136.